The molecule has 0 aliphatic heterocycles. The monoisotopic (exact) mass is 204 g/mol. The van der Waals surface area contributed by atoms with Crippen molar-refractivity contribution in [1.29, 1.82) is 0 Å². The maximum atomic E-state index is 12.9. The second-order valence-corrected chi connectivity index (χ2v) is 2.60. The normalized spacial score (nSPS) is 10.4. The fourth-order valence-corrected chi connectivity index (χ4v) is 1.04. The maximum Gasteiger partial charge on any atom is 0.387 e. The lowest BCUT2D eigenvalue weighted by atomic mass is 10.1. The summed E-state index contributed by atoms with van der Waals surface area (Å²) in [6.07, 6.45) is 0.153. The van der Waals surface area contributed by atoms with Gasteiger partial charge in [-0.2, -0.15) is 8.78 Å². The molecule has 5 heteroatoms. The van der Waals surface area contributed by atoms with Crippen LogP contribution in [0.15, 0.2) is 12.1 Å². The SMILES string of the molecule is Cc1ccc(F)c(C=O)c1OC(F)F. The van der Waals surface area contributed by atoms with Crippen LogP contribution in [0.2, 0.25) is 0 Å². The number of hydrogen-bond donors (Lipinski definition) is 0. The molecule has 0 aliphatic carbocycles. The van der Waals surface area contributed by atoms with Crippen LogP contribution in [0.3, 0.4) is 0 Å². The first-order valence-corrected chi connectivity index (χ1v) is 3.75. The number of benzene rings is 1. The zero-order chi connectivity index (χ0) is 10.7. The number of alkyl halides is 2. The first-order chi connectivity index (χ1) is 6.56. The van der Waals surface area contributed by atoms with Crippen LogP contribution in [0.5, 0.6) is 5.75 Å². The fourth-order valence-electron chi connectivity index (χ4n) is 1.04. The minimum atomic E-state index is -3.07. The smallest absolute Gasteiger partial charge is 0.387 e. The highest BCUT2D eigenvalue weighted by molar-refractivity contribution is 5.80. The van der Waals surface area contributed by atoms with Gasteiger partial charge >= 0.3 is 6.61 Å². The van der Waals surface area contributed by atoms with Gasteiger partial charge in [-0.25, -0.2) is 4.39 Å². The van der Waals surface area contributed by atoms with Crippen molar-refractivity contribution in [1.82, 2.24) is 0 Å². The predicted octanol–water partition coefficient (Wildman–Crippen LogP) is 2.55. The van der Waals surface area contributed by atoms with Crippen LogP contribution in [0.4, 0.5) is 13.2 Å². The van der Waals surface area contributed by atoms with Gasteiger partial charge in [-0.15, -0.1) is 0 Å². The van der Waals surface area contributed by atoms with E-state index in [-0.39, 0.29) is 11.8 Å². The minimum absolute atomic E-state index is 0.153. The summed E-state index contributed by atoms with van der Waals surface area (Å²) in [6, 6.07) is 2.29. The van der Waals surface area contributed by atoms with Gasteiger partial charge in [0.2, 0.25) is 0 Å². The van der Waals surface area contributed by atoms with E-state index in [4.69, 9.17) is 0 Å². The van der Waals surface area contributed by atoms with Gasteiger partial charge in [-0.3, -0.25) is 4.79 Å². The van der Waals surface area contributed by atoms with Gasteiger partial charge < -0.3 is 4.74 Å². The molecule has 0 aliphatic rings. The zero-order valence-electron chi connectivity index (χ0n) is 7.26. The summed E-state index contributed by atoms with van der Waals surface area (Å²) >= 11 is 0. The van der Waals surface area contributed by atoms with Crippen LogP contribution in [-0.4, -0.2) is 12.9 Å². The highest BCUT2D eigenvalue weighted by Crippen LogP contribution is 2.26. The minimum Gasteiger partial charge on any atom is -0.434 e. The third-order valence-electron chi connectivity index (χ3n) is 1.66. The first-order valence-electron chi connectivity index (χ1n) is 3.75. The molecule has 0 unspecified atom stereocenters. The van der Waals surface area contributed by atoms with Crippen molar-refractivity contribution < 1.29 is 22.7 Å². The summed E-state index contributed by atoms with van der Waals surface area (Å²) in [6.45, 7) is -1.63. The second-order valence-electron chi connectivity index (χ2n) is 2.60. The molecule has 0 bridgehead atoms. The summed E-state index contributed by atoms with van der Waals surface area (Å²) in [7, 11) is 0. The lowest BCUT2D eigenvalue weighted by Crippen LogP contribution is -2.07. The molecule has 0 saturated carbocycles. The summed E-state index contributed by atoms with van der Waals surface area (Å²) < 4.78 is 40.7. The molecule has 0 spiro atoms. The highest BCUT2D eigenvalue weighted by Gasteiger charge is 2.15. The summed E-state index contributed by atoms with van der Waals surface area (Å²) in [5.41, 5.74) is -0.195. The molecule has 0 fully saturated rings. The third kappa shape index (κ3) is 2.04. The van der Waals surface area contributed by atoms with Crippen LogP contribution in [0, 0.1) is 12.7 Å². The topological polar surface area (TPSA) is 26.3 Å². The molecule has 0 saturated heterocycles. The molecule has 14 heavy (non-hydrogen) atoms. The van der Waals surface area contributed by atoms with Crippen molar-refractivity contribution >= 4 is 6.29 Å². The molecule has 0 aromatic heterocycles. The molecular formula is C9H7F3O2. The van der Waals surface area contributed by atoms with E-state index in [1.807, 2.05) is 0 Å². The Kier molecular flexibility index (Phi) is 3.11. The predicted molar refractivity (Wildman–Crippen MR) is 43.2 cm³/mol. The Bertz CT molecular complexity index is 350. The number of carbonyl (C=O) groups excluding carboxylic acids is 1. The quantitative estimate of drug-likeness (QED) is 0.707. The Hall–Kier alpha value is -1.52. The molecule has 0 N–H and O–H groups in total. The third-order valence-corrected chi connectivity index (χ3v) is 1.66. The summed E-state index contributed by atoms with van der Waals surface area (Å²) in [4.78, 5) is 10.4. The van der Waals surface area contributed by atoms with E-state index < -0.39 is 23.7 Å². The highest BCUT2D eigenvalue weighted by atomic mass is 19.3. The average molecular weight is 204 g/mol. The number of aldehydes is 1. The number of rotatable bonds is 3. The standard InChI is InChI=1S/C9H7F3O2/c1-5-2-3-7(10)6(4-13)8(5)14-9(11)12/h2-4,9H,1H3. The van der Waals surface area contributed by atoms with E-state index in [9.17, 15) is 18.0 Å². The van der Waals surface area contributed by atoms with Crippen molar-refractivity contribution in [3.8, 4) is 5.75 Å². The number of ether oxygens (including phenoxy) is 1. The molecule has 0 heterocycles. The summed E-state index contributed by atoms with van der Waals surface area (Å²) in [5.74, 6) is -1.28. The average Bonchev–Trinajstić information content (AvgIpc) is 2.11. The molecule has 0 atom stereocenters. The van der Waals surface area contributed by atoms with Crippen molar-refractivity contribution in [2.75, 3.05) is 0 Å². The van der Waals surface area contributed by atoms with Crippen LogP contribution in [0.1, 0.15) is 15.9 Å². The Labute approximate surface area is 78.3 Å². The van der Waals surface area contributed by atoms with Gasteiger partial charge in [0.05, 0.1) is 5.56 Å². The Morgan fingerprint density at radius 3 is 2.57 bits per heavy atom. The van der Waals surface area contributed by atoms with Crippen LogP contribution in [0.25, 0.3) is 0 Å². The molecule has 76 valence electrons. The number of halogens is 3. The Morgan fingerprint density at radius 2 is 2.07 bits per heavy atom. The van der Waals surface area contributed by atoms with Crippen LogP contribution < -0.4 is 4.74 Å². The molecule has 2 nitrogen and oxygen atoms in total. The number of aryl methyl sites for hydroxylation is 1. The largest absolute Gasteiger partial charge is 0.434 e. The second kappa shape index (κ2) is 4.13. The van der Waals surface area contributed by atoms with Crippen LogP contribution in [-0.2, 0) is 0 Å². The van der Waals surface area contributed by atoms with Crippen LogP contribution >= 0.6 is 0 Å². The maximum absolute atomic E-state index is 12.9. The first kappa shape index (κ1) is 10.6. The van der Waals surface area contributed by atoms with Crippen molar-refractivity contribution in [2.24, 2.45) is 0 Å². The molecule has 0 amide bonds. The molecule has 0 radical (unpaired) electrons. The lowest BCUT2D eigenvalue weighted by molar-refractivity contribution is -0.0506. The fraction of sp³-hybridized carbons (Fsp3) is 0.222. The summed E-state index contributed by atoms with van der Waals surface area (Å²) in [5, 5.41) is 0. The van der Waals surface area contributed by atoms with E-state index >= 15 is 0 Å². The van der Waals surface area contributed by atoms with Gasteiger partial charge in [-0.1, -0.05) is 6.07 Å². The molecule has 1 rings (SSSR count). The van der Waals surface area contributed by atoms with Gasteiger partial charge in [0.25, 0.3) is 0 Å². The van der Waals surface area contributed by atoms with Crippen molar-refractivity contribution in [2.45, 2.75) is 13.5 Å². The van der Waals surface area contributed by atoms with Gasteiger partial charge in [0.1, 0.15) is 11.6 Å². The van der Waals surface area contributed by atoms with Gasteiger partial charge in [-0.05, 0) is 18.6 Å². The van der Waals surface area contributed by atoms with E-state index in [2.05, 4.69) is 4.74 Å². The number of hydrogen-bond acceptors (Lipinski definition) is 2. The van der Waals surface area contributed by atoms with Gasteiger partial charge in [0.15, 0.2) is 6.29 Å². The molecule has 1 aromatic carbocycles. The lowest BCUT2D eigenvalue weighted by Gasteiger charge is -2.10. The van der Waals surface area contributed by atoms with E-state index in [1.54, 1.807) is 0 Å². The molecule has 1 aromatic rings. The van der Waals surface area contributed by atoms with Crippen molar-refractivity contribution in [3.05, 3.63) is 29.1 Å². The van der Waals surface area contributed by atoms with Gasteiger partial charge in [0, 0.05) is 0 Å². The zero-order valence-corrected chi connectivity index (χ0v) is 7.26. The van der Waals surface area contributed by atoms with E-state index in [0.717, 1.165) is 6.07 Å². The number of carbonyl (C=O) groups is 1. The van der Waals surface area contributed by atoms with E-state index in [1.165, 1.54) is 13.0 Å². The Balaban J connectivity index is 3.22. The molecular weight excluding hydrogens is 197 g/mol. The van der Waals surface area contributed by atoms with E-state index in [0.29, 0.717) is 0 Å². The van der Waals surface area contributed by atoms with Crippen molar-refractivity contribution in [3.63, 3.8) is 0 Å². The Morgan fingerprint density at radius 1 is 1.43 bits per heavy atom.